The Bertz CT molecular complexity index is 419. The Morgan fingerprint density at radius 3 is 2.88 bits per heavy atom. The van der Waals surface area contributed by atoms with Crippen molar-refractivity contribution in [3.8, 4) is 0 Å². The lowest BCUT2D eigenvalue weighted by Gasteiger charge is -2.21. The van der Waals surface area contributed by atoms with Crippen molar-refractivity contribution in [1.82, 2.24) is 14.9 Å². The predicted octanol–water partition coefficient (Wildman–Crippen LogP) is 1.21. The maximum atomic E-state index is 12.0. The molecule has 1 aromatic rings. The highest BCUT2D eigenvalue weighted by molar-refractivity contribution is 5.86. The molecule has 0 saturated carbocycles. The van der Waals surface area contributed by atoms with Crippen LogP contribution in [0.15, 0.2) is 12.3 Å². The summed E-state index contributed by atoms with van der Waals surface area (Å²) in [4.78, 5) is 22.3. The molecule has 1 amide bonds. The fourth-order valence-corrected chi connectivity index (χ4v) is 2.02. The minimum Gasteiger partial charge on any atom is -0.342 e. The monoisotopic (exact) mass is 234 g/mol. The van der Waals surface area contributed by atoms with Crippen LogP contribution in [0.5, 0.6) is 0 Å². The number of carbonyl (C=O) groups is 1. The molecule has 1 fully saturated rings. The van der Waals surface area contributed by atoms with Gasteiger partial charge < -0.3 is 10.2 Å². The molecular formula is C12H18N4O. The van der Waals surface area contributed by atoms with Gasteiger partial charge in [0.25, 0.3) is 0 Å². The van der Waals surface area contributed by atoms with Gasteiger partial charge in [-0.25, -0.2) is 9.97 Å². The summed E-state index contributed by atoms with van der Waals surface area (Å²) in [6.45, 7) is 6.77. The highest BCUT2D eigenvalue weighted by Crippen LogP contribution is 2.17. The van der Waals surface area contributed by atoms with Gasteiger partial charge in [-0.1, -0.05) is 0 Å². The number of anilines is 1. The van der Waals surface area contributed by atoms with Crippen molar-refractivity contribution in [2.45, 2.75) is 39.3 Å². The summed E-state index contributed by atoms with van der Waals surface area (Å²) in [5.41, 5.74) is 0.897. The molecule has 2 rings (SSSR count). The molecule has 2 heterocycles. The second-order valence-electron chi connectivity index (χ2n) is 4.63. The van der Waals surface area contributed by atoms with Crippen molar-refractivity contribution in [3.63, 3.8) is 0 Å². The molecule has 1 atom stereocenters. The number of nitrogens with zero attached hydrogens (tertiary/aromatic N) is 3. The smallest absolute Gasteiger partial charge is 0.245 e. The van der Waals surface area contributed by atoms with E-state index in [0.717, 1.165) is 18.7 Å². The van der Waals surface area contributed by atoms with Crippen molar-refractivity contribution in [2.24, 2.45) is 0 Å². The lowest BCUT2D eigenvalue weighted by molar-refractivity contribution is -0.129. The summed E-state index contributed by atoms with van der Waals surface area (Å²) in [6.07, 6.45) is 2.51. The van der Waals surface area contributed by atoms with E-state index in [0.29, 0.717) is 5.95 Å². The van der Waals surface area contributed by atoms with Crippen molar-refractivity contribution < 1.29 is 4.79 Å². The zero-order chi connectivity index (χ0) is 12.4. The van der Waals surface area contributed by atoms with E-state index in [1.54, 1.807) is 6.20 Å². The minimum absolute atomic E-state index is 0.144. The van der Waals surface area contributed by atoms with E-state index in [1.165, 1.54) is 0 Å². The molecule has 0 bridgehead atoms. The lowest BCUT2D eigenvalue weighted by Crippen LogP contribution is -2.37. The molecule has 1 aromatic heterocycles. The van der Waals surface area contributed by atoms with Crippen LogP contribution in [0.3, 0.4) is 0 Å². The Hall–Kier alpha value is -1.65. The minimum atomic E-state index is -0.181. The molecule has 92 valence electrons. The third-order valence-electron chi connectivity index (χ3n) is 2.96. The number of amides is 1. The molecule has 0 aromatic carbocycles. The Morgan fingerprint density at radius 1 is 1.53 bits per heavy atom. The topological polar surface area (TPSA) is 58.1 Å². The first-order valence-electron chi connectivity index (χ1n) is 5.94. The number of aryl methyl sites for hydroxylation is 1. The first-order valence-corrected chi connectivity index (χ1v) is 5.94. The van der Waals surface area contributed by atoms with Crippen molar-refractivity contribution in [1.29, 1.82) is 0 Å². The number of rotatable bonds is 3. The van der Waals surface area contributed by atoms with Gasteiger partial charge in [-0.15, -0.1) is 0 Å². The van der Waals surface area contributed by atoms with Crippen LogP contribution < -0.4 is 5.32 Å². The summed E-state index contributed by atoms with van der Waals surface area (Å²) < 4.78 is 0. The van der Waals surface area contributed by atoms with E-state index in [1.807, 2.05) is 31.7 Å². The molecule has 1 N–H and O–H groups in total. The molecule has 0 radical (unpaired) electrons. The Morgan fingerprint density at radius 2 is 2.29 bits per heavy atom. The fourth-order valence-electron chi connectivity index (χ4n) is 2.02. The van der Waals surface area contributed by atoms with Crippen molar-refractivity contribution in [3.05, 3.63) is 18.0 Å². The summed E-state index contributed by atoms with van der Waals surface area (Å²) in [5.74, 6) is 0.680. The third kappa shape index (κ3) is 2.54. The first-order chi connectivity index (χ1) is 8.08. The second-order valence-corrected chi connectivity index (χ2v) is 4.63. The number of hydrogen-bond donors (Lipinski definition) is 1. The van der Waals surface area contributed by atoms with Gasteiger partial charge in [-0.05, 0) is 33.3 Å². The molecule has 1 saturated heterocycles. The molecule has 1 aliphatic heterocycles. The van der Waals surface area contributed by atoms with Gasteiger partial charge in [0.15, 0.2) is 0 Å². The summed E-state index contributed by atoms with van der Waals surface area (Å²) in [7, 11) is 0. The summed E-state index contributed by atoms with van der Waals surface area (Å²) in [6, 6.07) is 1.91. The average Bonchev–Trinajstić information content (AvgIpc) is 2.61. The van der Waals surface area contributed by atoms with E-state index >= 15 is 0 Å². The Labute approximate surface area is 101 Å². The second kappa shape index (κ2) is 4.69. The molecule has 1 aliphatic rings. The summed E-state index contributed by atoms with van der Waals surface area (Å²) >= 11 is 0. The quantitative estimate of drug-likeness (QED) is 0.854. The van der Waals surface area contributed by atoms with Gasteiger partial charge in [0.1, 0.15) is 6.04 Å². The zero-order valence-corrected chi connectivity index (χ0v) is 10.5. The van der Waals surface area contributed by atoms with E-state index in [9.17, 15) is 4.79 Å². The van der Waals surface area contributed by atoms with Gasteiger partial charge in [-0.2, -0.15) is 0 Å². The van der Waals surface area contributed by atoms with Crippen LogP contribution in [0.2, 0.25) is 0 Å². The van der Waals surface area contributed by atoms with Gasteiger partial charge >= 0.3 is 0 Å². The molecule has 17 heavy (non-hydrogen) atoms. The average molecular weight is 234 g/mol. The predicted molar refractivity (Wildman–Crippen MR) is 65.6 cm³/mol. The third-order valence-corrected chi connectivity index (χ3v) is 2.96. The molecule has 1 unspecified atom stereocenters. The zero-order valence-electron chi connectivity index (χ0n) is 10.5. The van der Waals surface area contributed by atoms with Gasteiger partial charge in [-0.3, -0.25) is 4.79 Å². The number of likely N-dealkylation sites (tertiary alicyclic amines) is 1. The molecular weight excluding hydrogens is 216 g/mol. The molecule has 5 heteroatoms. The van der Waals surface area contributed by atoms with Crippen LogP contribution in [0.1, 0.15) is 26.0 Å². The highest BCUT2D eigenvalue weighted by atomic mass is 16.2. The van der Waals surface area contributed by atoms with Crippen LogP contribution in [0.4, 0.5) is 5.95 Å². The maximum Gasteiger partial charge on any atom is 0.245 e. The number of carbonyl (C=O) groups excluding carboxylic acids is 1. The largest absolute Gasteiger partial charge is 0.342 e. The lowest BCUT2D eigenvalue weighted by atomic mass is 10.2. The van der Waals surface area contributed by atoms with Crippen LogP contribution in [0, 0.1) is 6.92 Å². The fraction of sp³-hybridized carbons (Fsp3) is 0.583. The van der Waals surface area contributed by atoms with Crippen LogP contribution in [-0.2, 0) is 4.79 Å². The van der Waals surface area contributed by atoms with Gasteiger partial charge in [0.05, 0.1) is 0 Å². The molecule has 0 aliphatic carbocycles. The van der Waals surface area contributed by atoms with Crippen LogP contribution in [-0.4, -0.2) is 39.4 Å². The van der Waals surface area contributed by atoms with E-state index in [4.69, 9.17) is 0 Å². The highest BCUT2D eigenvalue weighted by Gasteiger charge is 2.33. The molecule has 0 spiro atoms. The standard InChI is InChI=1S/C12H18N4O/c1-8(2)16-7-5-10(11(16)17)15-12-13-6-4-9(3)14-12/h4,6,8,10H,5,7H2,1-3H3,(H,13,14,15). The molecule has 5 nitrogen and oxygen atoms in total. The van der Waals surface area contributed by atoms with E-state index < -0.39 is 0 Å². The van der Waals surface area contributed by atoms with Gasteiger partial charge in [0.2, 0.25) is 11.9 Å². The summed E-state index contributed by atoms with van der Waals surface area (Å²) in [5, 5.41) is 3.10. The first kappa shape index (κ1) is 11.8. The van der Waals surface area contributed by atoms with E-state index in [2.05, 4.69) is 15.3 Å². The van der Waals surface area contributed by atoms with Crippen molar-refractivity contribution in [2.75, 3.05) is 11.9 Å². The van der Waals surface area contributed by atoms with Crippen molar-refractivity contribution >= 4 is 11.9 Å². The maximum absolute atomic E-state index is 12.0. The number of aromatic nitrogens is 2. The van der Waals surface area contributed by atoms with Crippen LogP contribution >= 0.6 is 0 Å². The van der Waals surface area contributed by atoms with Crippen LogP contribution in [0.25, 0.3) is 0 Å². The van der Waals surface area contributed by atoms with E-state index in [-0.39, 0.29) is 18.0 Å². The number of hydrogen-bond acceptors (Lipinski definition) is 4. The van der Waals surface area contributed by atoms with Gasteiger partial charge in [0, 0.05) is 24.5 Å². The Balaban J connectivity index is 2.04. The SMILES string of the molecule is Cc1ccnc(NC2CCN(C(C)C)C2=O)n1. The normalized spacial score (nSPS) is 20.1. The Kier molecular flexibility index (Phi) is 3.26. The number of nitrogens with one attached hydrogen (secondary N) is 1.